The smallest absolute Gasteiger partial charge is 0.259 e. The number of rotatable bonds is 6. The molecule has 0 radical (unpaired) electrons. The van der Waals surface area contributed by atoms with Crippen LogP contribution < -0.4 is 10.1 Å². The number of hydrogen-bond acceptors (Lipinski definition) is 6. The van der Waals surface area contributed by atoms with Gasteiger partial charge in [-0.3, -0.25) is 10.1 Å². The third-order valence-electron chi connectivity index (χ3n) is 4.13. The molecule has 1 aromatic heterocycles. The number of nitrogens with zero attached hydrogens (tertiary/aromatic N) is 2. The maximum absolute atomic E-state index is 12.7. The summed E-state index contributed by atoms with van der Waals surface area (Å²) in [5, 5.41) is 5.32. The van der Waals surface area contributed by atoms with Gasteiger partial charge in [0.05, 0.1) is 33.3 Å². The van der Waals surface area contributed by atoms with Gasteiger partial charge in [-0.05, 0) is 36.4 Å². The van der Waals surface area contributed by atoms with Crippen LogP contribution in [0.5, 0.6) is 5.75 Å². The van der Waals surface area contributed by atoms with Gasteiger partial charge in [0.1, 0.15) is 5.75 Å². The fourth-order valence-corrected chi connectivity index (χ4v) is 4.61. The third-order valence-corrected chi connectivity index (χ3v) is 7.33. The Balaban J connectivity index is 1.85. The van der Waals surface area contributed by atoms with Gasteiger partial charge in [-0.1, -0.05) is 23.2 Å². The van der Waals surface area contributed by atoms with Gasteiger partial charge in [-0.25, -0.2) is 17.7 Å². The van der Waals surface area contributed by atoms with Crippen molar-refractivity contribution in [3.8, 4) is 17.0 Å². The zero-order valence-corrected chi connectivity index (χ0v) is 19.3. The number of sulfonamides is 1. The second-order valence-corrected chi connectivity index (χ2v) is 10.1. The van der Waals surface area contributed by atoms with Crippen molar-refractivity contribution >= 4 is 55.6 Å². The average molecular weight is 486 g/mol. The van der Waals surface area contributed by atoms with Gasteiger partial charge in [-0.15, -0.1) is 11.3 Å². The van der Waals surface area contributed by atoms with E-state index in [4.69, 9.17) is 27.9 Å². The number of benzene rings is 2. The predicted molar refractivity (Wildman–Crippen MR) is 119 cm³/mol. The molecular weight excluding hydrogens is 469 g/mol. The lowest BCUT2D eigenvalue weighted by Crippen LogP contribution is -2.23. The van der Waals surface area contributed by atoms with Gasteiger partial charge < -0.3 is 4.74 Å². The van der Waals surface area contributed by atoms with Gasteiger partial charge >= 0.3 is 0 Å². The molecule has 3 aromatic rings. The summed E-state index contributed by atoms with van der Waals surface area (Å²) in [6.45, 7) is 0. The number of hydrogen-bond donors (Lipinski definition) is 1. The first-order valence-electron chi connectivity index (χ1n) is 8.46. The van der Waals surface area contributed by atoms with Crippen LogP contribution in [0.3, 0.4) is 0 Å². The minimum absolute atomic E-state index is 0.0313. The summed E-state index contributed by atoms with van der Waals surface area (Å²) in [7, 11) is 0.642. The van der Waals surface area contributed by atoms with E-state index < -0.39 is 15.9 Å². The second-order valence-electron chi connectivity index (χ2n) is 6.27. The van der Waals surface area contributed by atoms with Gasteiger partial charge in [0.15, 0.2) is 5.13 Å². The highest BCUT2D eigenvalue weighted by atomic mass is 35.5. The molecular formula is C19H17Cl2N3O4S2. The van der Waals surface area contributed by atoms with Crippen LogP contribution in [0.2, 0.25) is 10.0 Å². The van der Waals surface area contributed by atoms with Crippen molar-refractivity contribution in [2.45, 2.75) is 4.90 Å². The quantitative estimate of drug-likeness (QED) is 0.549. The molecule has 30 heavy (non-hydrogen) atoms. The Morgan fingerprint density at radius 2 is 1.87 bits per heavy atom. The number of thiazole rings is 1. The van der Waals surface area contributed by atoms with Crippen LogP contribution in [-0.2, 0) is 10.0 Å². The normalized spacial score (nSPS) is 11.5. The van der Waals surface area contributed by atoms with Crippen molar-refractivity contribution < 1.29 is 17.9 Å². The van der Waals surface area contributed by atoms with Crippen molar-refractivity contribution in [3.05, 3.63) is 57.4 Å². The standard InChI is InChI=1S/C19H17Cl2N3O4S2/c1-24(2)30(26,27)12-5-6-14(20)13(9-12)18(25)23-19-22-16(10-29-19)11-4-7-17(28-3)15(21)8-11/h4-10H,1-3H3,(H,22,23,25). The van der Waals surface area contributed by atoms with Crippen molar-refractivity contribution in [1.82, 2.24) is 9.29 Å². The minimum Gasteiger partial charge on any atom is -0.495 e. The van der Waals surface area contributed by atoms with E-state index in [1.54, 1.807) is 23.6 Å². The second kappa shape index (κ2) is 8.91. The average Bonchev–Trinajstić information content (AvgIpc) is 3.16. The number of carbonyl (C=O) groups excluding carboxylic acids is 1. The van der Waals surface area contributed by atoms with E-state index in [0.717, 1.165) is 9.87 Å². The Labute approximate surface area is 188 Å². The molecule has 158 valence electrons. The molecule has 0 fully saturated rings. The fraction of sp³-hybridized carbons (Fsp3) is 0.158. The van der Waals surface area contributed by atoms with Crippen molar-refractivity contribution in [2.24, 2.45) is 0 Å². The Hall–Kier alpha value is -2.17. The summed E-state index contributed by atoms with van der Waals surface area (Å²) in [5.41, 5.74) is 1.41. The predicted octanol–water partition coefficient (Wildman–Crippen LogP) is 4.63. The number of ether oxygens (including phenoxy) is 1. The minimum atomic E-state index is -3.71. The molecule has 0 unspecified atom stereocenters. The van der Waals surface area contributed by atoms with Crippen LogP contribution in [0.25, 0.3) is 11.3 Å². The lowest BCUT2D eigenvalue weighted by Gasteiger charge is -2.13. The third kappa shape index (κ3) is 4.60. The number of anilines is 1. The van der Waals surface area contributed by atoms with Gasteiger partial charge in [0, 0.05) is 25.0 Å². The molecule has 0 aliphatic heterocycles. The van der Waals surface area contributed by atoms with E-state index >= 15 is 0 Å². The van der Waals surface area contributed by atoms with E-state index in [0.29, 0.717) is 21.6 Å². The molecule has 0 spiro atoms. The van der Waals surface area contributed by atoms with Crippen LogP contribution in [0.15, 0.2) is 46.7 Å². The highest BCUT2D eigenvalue weighted by Crippen LogP contribution is 2.32. The first-order valence-corrected chi connectivity index (χ1v) is 11.5. The molecule has 7 nitrogen and oxygen atoms in total. The van der Waals surface area contributed by atoms with E-state index in [1.807, 2.05) is 0 Å². The summed E-state index contributed by atoms with van der Waals surface area (Å²) in [6, 6.07) is 9.21. The molecule has 0 aliphatic carbocycles. The Morgan fingerprint density at radius 3 is 2.50 bits per heavy atom. The number of methoxy groups -OCH3 is 1. The van der Waals surface area contributed by atoms with E-state index in [-0.39, 0.29) is 15.5 Å². The maximum atomic E-state index is 12.7. The Bertz CT molecular complexity index is 1210. The first kappa shape index (κ1) is 22.5. The monoisotopic (exact) mass is 485 g/mol. The number of aromatic nitrogens is 1. The Kier molecular flexibility index (Phi) is 6.68. The van der Waals surface area contributed by atoms with E-state index in [9.17, 15) is 13.2 Å². The van der Waals surface area contributed by atoms with E-state index in [1.165, 1.54) is 50.7 Å². The molecule has 0 saturated carbocycles. The summed E-state index contributed by atoms with van der Waals surface area (Å²) in [6.07, 6.45) is 0. The maximum Gasteiger partial charge on any atom is 0.259 e. The molecule has 3 rings (SSSR count). The SMILES string of the molecule is COc1ccc(-c2csc(NC(=O)c3cc(S(=O)(=O)N(C)C)ccc3Cl)n2)cc1Cl. The molecule has 1 heterocycles. The number of carbonyl (C=O) groups is 1. The summed E-state index contributed by atoms with van der Waals surface area (Å²) < 4.78 is 30.9. The zero-order valence-electron chi connectivity index (χ0n) is 16.1. The van der Waals surface area contributed by atoms with Gasteiger partial charge in [0.2, 0.25) is 10.0 Å². The zero-order chi connectivity index (χ0) is 22.1. The number of halogens is 2. The summed E-state index contributed by atoms with van der Waals surface area (Å²) in [5.74, 6) is -0.0177. The molecule has 2 aromatic carbocycles. The highest BCUT2D eigenvalue weighted by molar-refractivity contribution is 7.89. The molecule has 0 aliphatic rings. The molecule has 11 heteroatoms. The van der Waals surface area contributed by atoms with Crippen molar-refractivity contribution in [1.29, 1.82) is 0 Å². The van der Waals surface area contributed by atoms with Gasteiger partial charge in [0.25, 0.3) is 5.91 Å². The molecule has 0 bridgehead atoms. The van der Waals surface area contributed by atoms with Crippen LogP contribution >= 0.6 is 34.5 Å². The fourth-order valence-electron chi connectivity index (χ4n) is 2.50. The van der Waals surface area contributed by atoms with Crippen LogP contribution in [-0.4, -0.2) is 44.8 Å². The molecule has 0 atom stereocenters. The van der Waals surface area contributed by atoms with Crippen LogP contribution in [0, 0.1) is 0 Å². The van der Waals surface area contributed by atoms with Crippen molar-refractivity contribution in [3.63, 3.8) is 0 Å². The first-order chi connectivity index (χ1) is 14.1. The highest BCUT2D eigenvalue weighted by Gasteiger charge is 2.21. The Morgan fingerprint density at radius 1 is 1.13 bits per heavy atom. The van der Waals surface area contributed by atoms with Crippen LogP contribution in [0.4, 0.5) is 5.13 Å². The molecule has 1 amide bonds. The lowest BCUT2D eigenvalue weighted by molar-refractivity contribution is 0.102. The topological polar surface area (TPSA) is 88.6 Å². The van der Waals surface area contributed by atoms with Gasteiger partial charge in [-0.2, -0.15) is 0 Å². The summed E-state index contributed by atoms with van der Waals surface area (Å²) in [4.78, 5) is 17.0. The lowest BCUT2D eigenvalue weighted by atomic mass is 10.2. The van der Waals surface area contributed by atoms with Crippen LogP contribution in [0.1, 0.15) is 10.4 Å². The summed E-state index contributed by atoms with van der Waals surface area (Å²) >= 11 is 13.5. The molecule has 0 saturated heterocycles. The molecule has 1 N–H and O–H groups in total. The largest absolute Gasteiger partial charge is 0.495 e. The number of amides is 1. The van der Waals surface area contributed by atoms with E-state index in [2.05, 4.69) is 10.3 Å². The number of nitrogens with one attached hydrogen (secondary N) is 1. The van der Waals surface area contributed by atoms with Crippen molar-refractivity contribution in [2.75, 3.05) is 26.5 Å².